The third-order valence-electron chi connectivity index (χ3n) is 3.63. The van der Waals surface area contributed by atoms with Crippen LogP contribution in [0.4, 0.5) is 17.1 Å². The van der Waals surface area contributed by atoms with Crippen LogP contribution >= 0.6 is 0 Å². The summed E-state index contributed by atoms with van der Waals surface area (Å²) in [6, 6.07) is 3.39. The number of nitrogens with zero attached hydrogens (tertiary/aromatic N) is 3. The van der Waals surface area contributed by atoms with Crippen LogP contribution in [0.15, 0.2) is 23.3 Å². The molecule has 1 rings (SSSR count). The zero-order valence-corrected chi connectivity index (χ0v) is 14.2. The summed E-state index contributed by atoms with van der Waals surface area (Å²) >= 11 is 0. The molecule has 1 N–H and O–H groups in total. The number of ether oxygens (including phenoxy) is 1. The molecule has 0 unspecified atom stereocenters. The van der Waals surface area contributed by atoms with Gasteiger partial charge in [-0.2, -0.15) is 5.10 Å². The Kier molecular flexibility index (Phi) is 6.78. The van der Waals surface area contributed by atoms with Crippen LogP contribution in [-0.2, 0) is 4.74 Å². The van der Waals surface area contributed by atoms with E-state index in [1.165, 1.54) is 12.1 Å². The first-order chi connectivity index (χ1) is 11.2. The monoisotopic (exact) mass is 338 g/mol. The molecule has 0 aliphatic rings. The van der Waals surface area contributed by atoms with Gasteiger partial charge in [0, 0.05) is 18.9 Å². The molecule has 0 amide bonds. The number of non-ortho nitro benzene ring substituents is 1. The van der Waals surface area contributed by atoms with Gasteiger partial charge in [-0.25, -0.2) is 0 Å². The summed E-state index contributed by atoms with van der Waals surface area (Å²) in [5, 5.41) is 25.8. The molecule has 1 aromatic carbocycles. The molecule has 132 valence electrons. The summed E-state index contributed by atoms with van der Waals surface area (Å²) in [7, 11) is 1.66. The summed E-state index contributed by atoms with van der Waals surface area (Å²) in [4.78, 5) is 20.4. The van der Waals surface area contributed by atoms with Crippen molar-refractivity contribution in [1.29, 1.82) is 0 Å². The quantitative estimate of drug-likeness (QED) is 0.414. The SMILES string of the molecule is COC(C)(C)CCCC(C)=NNc1ccc([N+](=O)[O-])cc1[N+](=O)[O-]. The highest BCUT2D eigenvalue weighted by molar-refractivity contribution is 5.83. The highest BCUT2D eigenvalue weighted by atomic mass is 16.6. The van der Waals surface area contributed by atoms with Gasteiger partial charge in [0.05, 0.1) is 21.5 Å². The van der Waals surface area contributed by atoms with Gasteiger partial charge in [0.1, 0.15) is 5.69 Å². The number of nitrogens with one attached hydrogen (secondary N) is 1. The predicted molar refractivity (Wildman–Crippen MR) is 91.4 cm³/mol. The van der Waals surface area contributed by atoms with Crippen molar-refractivity contribution >= 4 is 22.8 Å². The maximum atomic E-state index is 11.0. The number of methoxy groups -OCH3 is 1. The minimum absolute atomic E-state index is 0.113. The van der Waals surface area contributed by atoms with E-state index in [2.05, 4.69) is 10.5 Å². The Bertz CT molecular complexity index is 643. The topological polar surface area (TPSA) is 120 Å². The summed E-state index contributed by atoms with van der Waals surface area (Å²) in [6.45, 7) is 5.81. The van der Waals surface area contributed by atoms with E-state index in [-0.39, 0.29) is 22.7 Å². The van der Waals surface area contributed by atoms with E-state index in [0.717, 1.165) is 24.6 Å². The van der Waals surface area contributed by atoms with E-state index in [4.69, 9.17) is 4.74 Å². The zero-order valence-electron chi connectivity index (χ0n) is 14.2. The fraction of sp³-hybridized carbons (Fsp3) is 0.533. The van der Waals surface area contributed by atoms with Crippen molar-refractivity contribution in [3.8, 4) is 0 Å². The minimum atomic E-state index is -0.679. The van der Waals surface area contributed by atoms with E-state index in [1.54, 1.807) is 7.11 Å². The number of benzene rings is 1. The van der Waals surface area contributed by atoms with E-state index >= 15 is 0 Å². The molecular formula is C15H22N4O5. The van der Waals surface area contributed by atoms with Crippen molar-refractivity contribution in [2.24, 2.45) is 5.10 Å². The summed E-state index contributed by atoms with van der Waals surface area (Å²) in [5.41, 5.74) is 2.57. The molecule has 0 saturated carbocycles. The number of hydrazone groups is 1. The lowest BCUT2D eigenvalue weighted by Gasteiger charge is -2.22. The van der Waals surface area contributed by atoms with E-state index in [9.17, 15) is 20.2 Å². The van der Waals surface area contributed by atoms with Crippen LogP contribution in [0.3, 0.4) is 0 Å². The molecule has 0 radical (unpaired) electrons. The Balaban J connectivity index is 2.75. The van der Waals surface area contributed by atoms with Crippen LogP contribution in [0, 0.1) is 20.2 Å². The first-order valence-electron chi connectivity index (χ1n) is 7.43. The highest BCUT2D eigenvalue weighted by Gasteiger charge is 2.19. The number of nitro benzene ring substituents is 2. The molecule has 0 fully saturated rings. The average Bonchev–Trinajstić information content (AvgIpc) is 2.52. The lowest BCUT2D eigenvalue weighted by molar-refractivity contribution is -0.393. The van der Waals surface area contributed by atoms with Crippen molar-refractivity contribution in [2.45, 2.75) is 45.6 Å². The average molecular weight is 338 g/mol. The largest absolute Gasteiger partial charge is 0.379 e. The number of hydrogen-bond acceptors (Lipinski definition) is 7. The van der Waals surface area contributed by atoms with E-state index in [0.29, 0.717) is 6.42 Å². The van der Waals surface area contributed by atoms with Gasteiger partial charge in [-0.3, -0.25) is 25.7 Å². The highest BCUT2D eigenvalue weighted by Crippen LogP contribution is 2.29. The first-order valence-corrected chi connectivity index (χ1v) is 7.43. The van der Waals surface area contributed by atoms with Gasteiger partial charge in [0.15, 0.2) is 0 Å². The molecule has 9 nitrogen and oxygen atoms in total. The van der Waals surface area contributed by atoms with Crippen LogP contribution < -0.4 is 5.43 Å². The van der Waals surface area contributed by atoms with Gasteiger partial charge < -0.3 is 4.74 Å². The van der Waals surface area contributed by atoms with Crippen molar-refractivity contribution in [3.05, 3.63) is 38.4 Å². The molecule has 0 aliphatic carbocycles. The number of rotatable bonds is 9. The van der Waals surface area contributed by atoms with Gasteiger partial charge in [0.2, 0.25) is 0 Å². The van der Waals surface area contributed by atoms with Gasteiger partial charge in [-0.1, -0.05) is 0 Å². The predicted octanol–water partition coefficient (Wildman–Crippen LogP) is 3.89. The third kappa shape index (κ3) is 5.92. The normalized spacial score (nSPS) is 12.1. The lowest BCUT2D eigenvalue weighted by atomic mass is 10.0. The Morgan fingerprint density at radius 1 is 1.29 bits per heavy atom. The molecule has 0 saturated heterocycles. The second-order valence-electron chi connectivity index (χ2n) is 5.99. The number of anilines is 1. The van der Waals surface area contributed by atoms with E-state index < -0.39 is 9.85 Å². The first kappa shape index (κ1) is 19.5. The van der Waals surface area contributed by atoms with Crippen LogP contribution in [0.25, 0.3) is 0 Å². The van der Waals surface area contributed by atoms with Gasteiger partial charge in [0.25, 0.3) is 5.69 Å². The molecule has 24 heavy (non-hydrogen) atoms. The molecule has 0 aliphatic heterocycles. The van der Waals surface area contributed by atoms with Crippen LogP contribution in [0.2, 0.25) is 0 Å². The summed E-state index contributed by atoms with van der Waals surface area (Å²) < 4.78 is 5.34. The third-order valence-corrected chi connectivity index (χ3v) is 3.63. The summed E-state index contributed by atoms with van der Waals surface area (Å²) in [6.07, 6.45) is 2.43. The molecule has 0 heterocycles. The van der Waals surface area contributed by atoms with Crippen molar-refractivity contribution < 1.29 is 14.6 Å². The van der Waals surface area contributed by atoms with Crippen LogP contribution in [-0.4, -0.2) is 28.3 Å². The maximum Gasteiger partial charge on any atom is 0.301 e. The van der Waals surface area contributed by atoms with Gasteiger partial charge >= 0.3 is 5.69 Å². The molecule has 0 spiro atoms. The molecule has 0 aromatic heterocycles. The second kappa shape index (κ2) is 8.34. The van der Waals surface area contributed by atoms with Crippen LogP contribution in [0.5, 0.6) is 0 Å². The summed E-state index contributed by atoms with van der Waals surface area (Å²) in [5.74, 6) is 0. The minimum Gasteiger partial charge on any atom is -0.379 e. The Morgan fingerprint density at radius 2 is 1.96 bits per heavy atom. The fourth-order valence-corrected chi connectivity index (χ4v) is 1.96. The lowest BCUT2D eigenvalue weighted by Crippen LogP contribution is -2.22. The molecule has 0 atom stereocenters. The Labute approximate surface area is 140 Å². The molecule has 9 heteroatoms. The zero-order chi connectivity index (χ0) is 18.3. The van der Waals surface area contributed by atoms with Crippen molar-refractivity contribution in [2.75, 3.05) is 12.5 Å². The molecule has 0 bridgehead atoms. The van der Waals surface area contributed by atoms with Gasteiger partial charge in [-0.15, -0.1) is 0 Å². The Hall–Kier alpha value is -2.55. The Morgan fingerprint density at radius 3 is 2.50 bits per heavy atom. The van der Waals surface area contributed by atoms with Crippen molar-refractivity contribution in [1.82, 2.24) is 0 Å². The maximum absolute atomic E-state index is 11.0. The number of nitro groups is 2. The standard InChI is InChI=1S/C15H22N4O5/c1-11(6-5-9-15(2,3)24-4)16-17-13-8-7-12(18(20)21)10-14(13)19(22)23/h7-8,10,17H,5-6,9H2,1-4H3. The smallest absolute Gasteiger partial charge is 0.301 e. The molecular weight excluding hydrogens is 316 g/mol. The van der Waals surface area contributed by atoms with Gasteiger partial charge in [-0.05, 0) is 46.1 Å². The fourth-order valence-electron chi connectivity index (χ4n) is 1.96. The van der Waals surface area contributed by atoms with Crippen LogP contribution in [0.1, 0.15) is 40.0 Å². The van der Waals surface area contributed by atoms with Crippen molar-refractivity contribution in [3.63, 3.8) is 0 Å². The second-order valence-corrected chi connectivity index (χ2v) is 5.99. The van der Waals surface area contributed by atoms with E-state index in [1.807, 2.05) is 20.8 Å². The number of hydrogen-bond donors (Lipinski definition) is 1. The molecule has 1 aromatic rings.